The second-order valence-electron chi connectivity index (χ2n) is 2.50. The highest BCUT2D eigenvalue weighted by atomic mass is 19.1. The lowest BCUT2D eigenvalue weighted by Gasteiger charge is -1.95. The maximum absolute atomic E-state index is 12.2. The van der Waals surface area contributed by atoms with Gasteiger partial charge < -0.3 is 10.0 Å². The van der Waals surface area contributed by atoms with Gasteiger partial charge >= 0.3 is 7.12 Å². The van der Waals surface area contributed by atoms with Crippen LogP contribution in [0.15, 0.2) is 24.3 Å². The highest BCUT2D eigenvalue weighted by Gasteiger charge is 2.08. The first-order valence-corrected chi connectivity index (χ1v) is 3.82. The van der Waals surface area contributed by atoms with Gasteiger partial charge in [0.25, 0.3) is 0 Å². The molecule has 1 rings (SSSR count). The van der Waals surface area contributed by atoms with Crippen molar-refractivity contribution < 1.29 is 14.4 Å². The minimum atomic E-state index is -1.51. The van der Waals surface area contributed by atoms with E-state index in [2.05, 4.69) is 23.2 Å². The van der Waals surface area contributed by atoms with Crippen LogP contribution >= 0.6 is 0 Å². The van der Waals surface area contributed by atoms with E-state index in [9.17, 15) is 4.39 Å². The zero-order chi connectivity index (χ0) is 11.1. The van der Waals surface area contributed by atoms with Crippen molar-refractivity contribution >= 4 is 42.2 Å². The van der Waals surface area contributed by atoms with Crippen molar-refractivity contribution in [2.45, 2.75) is 0 Å². The summed E-state index contributed by atoms with van der Waals surface area (Å²) in [6.45, 7) is 0. The van der Waals surface area contributed by atoms with Crippen LogP contribution in [0, 0.1) is 5.82 Å². The average Bonchev–Trinajstić information content (AvgIpc) is 2.03. The van der Waals surface area contributed by atoms with Crippen molar-refractivity contribution in [3.05, 3.63) is 30.1 Å². The Balaban J connectivity index is 0.000000364. The summed E-state index contributed by atoms with van der Waals surface area (Å²) in [5.41, 5.74) is 0.293. The van der Waals surface area contributed by atoms with E-state index in [1.54, 1.807) is 0 Å². The first kappa shape index (κ1) is 13.4. The molecule has 0 saturated carbocycles. The minimum absolute atomic E-state index is 0.293. The summed E-state index contributed by atoms with van der Waals surface area (Å²) in [5.74, 6) is -0.385. The van der Waals surface area contributed by atoms with Gasteiger partial charge in [-0.3, -0.25) is 0 Å². The molecule has 0 aromatic heterocycles. The van der Waals surface area contributed by atoms with Crippen LogP contribution in [0.2, 0.25) is 0 Å². The fourth-order valence-electron chi connectivity index (χ4n) is 0.635. The number of rotatable bonds is 1. The van der Waals surface area contributed by atoms with E-state index < -0.39 is 13.5 Å². The molecule has 0 bridgehead atoms. The molecule has 0 atom stereocenters. The van der Waals surface area contributed by atoms with E-state index in [0.29, 0.717) is 5.46 Å². The second kappa shape index (κ2) is 6.79. The van der Waals surface area contributed by atoms with E-state index in [4.69, 9.17) is 10.0 Å². The number of benzene rings is 1. The Kier molecular flexibility index (Phi) is 6.50. The second-order valence-corrected chi connectivity index (χ2v) is 2.50. The number of halogens is 1. The van der Waals surface area contributed by atoms with Crippen molar-refractivity contribution in [2.75, 3.05) is 0 Å². The molecule has 0 saturated heterocycles. The predicted octanol–water partition coefficient (Wildman–Crippen LogP) is -2.02. The molecular formula is C6H6B5FO2. The van der Waals surface area contributed by atoms with Crippen molar-refractivity contribution in [3.8, 4) is 0 Å². The van der Waals surface area contributed by atoms with Crippen LogP contribution in [0.1, 0.15) is 0 Å². The van der Waals surface area contributed by atoms with Crippen LogP contribution in [0.4, 0.5) is 4.39 Å². The summed E-state index contributed by atoms with van der Waals surface area (Å²) < 4.78 is 12.2. The summed E-state index contributed by atoms with van der Waals surface area (Å²) >= 11 is 0. The standard InChI is InChI=1S/C6H6BFO2.B4/c8-6-3-1-5(2-4-6)7(9)10;1-4(2)3/h1-4,9-10H;. The molecule has 0 aliphatic heterocycles. The number of hydrogen-bond donors (Lipinski definition) is 2. The van der Waals surface area contributed by atoms with E-state index in [1.165, 1.54) is 24.3 Å². The monoisotopic (exact) mass is 184 g/mol. The first-order valence-electron chi connectivity index (χ1n) is 3.82. The van der Waals surface area contributed by atoms with E-state index in [0.717, 1.165) is 0 Å². The molecule has 1 aromatic rings. The van der Waals surface area contributed by atoms with Gasteiger partial charge in [-0.1, -0.05) is 12.1 Å². The van der Waals surface area contributed by atoms with Crippen molar-refractivity contribution in [1.29, 1.82) is 0 Å². The Morgan fingerprint density at radius 1 is 1.00 bits per heavy atom. The van der Waals surface area contributed by atoms with E-state index in [-0.39, 0.29) is 5.82 Å². The van der Waals surface area contributed by atoms with E-state index in [1.807, 2.05) is 0 Å². The third-order valence-electron chi connectivity index (χ3n) is 1.17. The van der Waals surface area contributed by atoms with Gasteiger partial charge in [0.05, 0.1) is 0 Å². The zero-order valence-corrected chi connectivity index (χ0v) is 7.47. The molecule has 0 fully saturated rings. The van der Waals surface area contributed by atoms with Gasteiger partial charge in [-0.2, -0.15) is 0 Å². The van der Waals surface area contributed by atoms with Crippen LogP contribution in [-0.4, -0.2) is 46.8 Å². The fourth-order valence-corrected chi connectivity index (χ4v) is 0.635. The Bertz CT molecular complexity index is 250. The largest absolute Gasteiger partial charge is 0.488 e. The van der Waals surface area contributed by atoms with Gasteiger partial charge in [0.1, 0.15) is 5.82 Å². The maximum atomic E-state index is 12.2. The molecule has 0 amide bonds. The van der Waals surface area contributed by atoms with Crippen LogP contribution in [-0.2, 0) is 0 Å². The fraction of sp³-hybridized carbons (Fsp3) is 0. The highest BCUT2D eigenvalue weighted by Crippen LogP contribution is 1.92. The lowest BCUT2D eigenvalue weighted by atomic mass is 9.08. The molecule has 8 heteroatoms. The van der Waals surface area contributed by atoms with Gasteiger partial charge in [-0.05, 0) is 17.6 Å². The van der Waals surface area contributed by atoms with Crippen LogP contribution in [0.5, 0.6) is 0 Å². The third-order valence-corrected chi connectivity index (χ3v) is 1.17. The lowest BCUT2D eigenvalue weighted by molar-refractivity contribution is 0.425. The van der Waals surface area contributed by atoms with Crippen LogP contribution in [0.3, 0.4) is 0 Å². The minimum Gasteiger partial charge on any atom is -0.423 e. The molecule has 0 heterocycles. The summed E-state index contributed by atoms with van der Waals surface area (Å²) in [4.78, 5) is 0. The number of hydrogen-bond acceptors (Lipinski definition) is 2. The quantitative estimate of drug-likeness (QED) is 0.493. The van der Waals surface area contributed by atoms with Crippen LogP contribution < -0.4 is 5.46 Å². The van der Waals surface area contributed by atoms with Crippen molar-refractivity contribution in [3.63, 3.8) is 0 Å². The molecule has 2 nitrogen and oxygen atoms in total. The molecule has 0 spiro atoms. The summed E-state index contributed by atoms with van der Waals surface area (Å²) in [6, 6.07) is 4.99. The van der Waals surface area contributed by atoms with Gasteiger partial charge in [-0.25, -0.2) is 4.39 Å². The zero-order valence-electron chi connectivity index (χ0n) is 7.47. The first-order chi connectivity index (χ1) is 6.43. The van der Waals surface area contributed by atoms with E-state index >= 15 is 0 Å². The smallest absolute Gasteiger partial charge is 0.423 e. The molecule has 6 radical (unpaired) electrons. The predicted molar refractivity (Wildman–Crippen MR) is 59.2 cm³/mol. The molecule has 64 valence electrons. The lowest BCUT2D eigenvalue weighted by Crippen LogP contribution is -2.29. The topological polar surface area (TPSA) is 40.5 Å². The van der Waals surface area contributed by atoms with Gasteiger partial charge in [0.2, 0.25) is 0 Å². The molecule has 1 aromatic carbocycles. The summed E-state index contributed by atoms with van der Waals surface area (Å²) in [7, 11) is 12.5. The molecular weight excluding hydrogens is 177 g/mol. The Hall–Kier alpha value is -0.605. The van der Waals surface area contributed by atoms with Crippen molar-refractivity contribution in [2.24, 2.45) is 0 Å². The van der Waals surface area contributed by atoms with Gasteiger partial charge in [0, 0.05) is 29.6 Å². The van der Waals surface area contributed by atoms with Gasteiger partial charge in [-0.15, -0.1) is 0 Å². The molecule has 0 unspecified atom stereocenters. The Labute approximate surface area is 87.3 Å². The Morgan fingerprint density at radius 3 is 1.64 bits per heavy atom. The molecule has 2 N–H and O–H groups in total. The maximum Gasteiger partial charge on any atom is 0.488 e. The highest BCUT2D eigenvalue weighted by molar-refractivity contribution is 7.49. The third kappa shape index (κ3) is 6.86. The SMILES string of the molecule is OB(O)c1ccc(F)cc1.[B]B([B])[B]. The average molecular weight is 183 g/mol. The van der Waals surface area contributed by atoms with Crippen LogP contribution in [0.25, 0.3) is 0 Å². The summed E-state index contributed by atoms with van der Waals surface area (Å²) in [6.07, 6.45) is -0.667. The van der Waals surface area contributed by atoms with Gasteiger partial charge in [0.15, 0.2) is 0 Å². The molecule has 0 aliphatic rings. The normalized spacial score (nSPS) is 8.50. The Morgan fingerprint density at radius 2 is 1.36 bits per heavy atom. The molecule has 14 heavy (non-hydrogen) atoms. The molecule has 0 aliphatic carbocycles. The van der Waals surface area contributed by atoms with Crippen molar-refractivity contribution in [1.82, 2.24) is 0 Å². The summed E-state index contributed by atoms with van der Waals surface area (Å²) in [5, 5.41) is 17.1.